The molecule has 1 aromatic carbocycles. The van der Waals surface area contributed by atoms with E-state index in [1.54, 1.807) is 18.3 Å². The third-order valence-corrected chi connectivity index (χ3v) is 4.45. The van der Waals surface area contributed by atoms with Crippen LogP contribution < -0.4 is 10.7 Å². The van der Waals surface area contributed by atoms with Gasteiger partial charge in [-0.3, -0.25) is 14.6 Å². The third-order valence-electron chi connectivity index (χ3n) is 4.45. The van der Waals surface area contributed by atoms with Gasteiger partial charge in [-0.1, -0.05) is 12.1 Å². The van der Waals surface area contributed by atoms with Crippen LogP contribution in [-0.4, -0.2) is 29.1 Å². The molecule has 0 saturated carbocycles. The monoisotopic (exact) mass is 350 g/mol. The molecule has 0 saturated heterocycles. The lowest BCUT2D eigenvalue weighted by Crippen LogP contribution is -2.35. The molecular formula is C20H22N4O2. The van der Waals surface area contributed by atoms with Crippen molar-refractivity contribution in [1.29, 1.82) is 0 Å². The summed E-state index contributed by atoms with van der Waals surface area (Å²) in [6, 6.07) is 9.65. The van der Waals surface area contributed by atoms with E-state index in [9.17, 15) is 9.59 Å². The molecule has 1 heterocycles. The lowest BCUT2D eigenvalue weighted by atomic mass is 9.90. The highest BCUT2D eigenvalue weighted by atomic mass is 16.2. The fourth-order valence-electron chi connectivity index (χ4n) is 2.97. The molecule has 1 aliphatic rings. The Balaban J connectivity index is 1.53. The minimum absolute atomic E-state index is 0.144. The number of aromatic nitrogens is 1. The van der Waals surface area contributed by atoms with Crippen LogP contribution in [-0.2, 0) is 17.6 Å². The molecule has 134 valence electrons. The molecule has 1 aliphatic carbocycles. The minimum atomic E-state index is -0.375. The van der Waals surface area contributed by atoms with Crippen LogP contribution in [0.15, 0.2) is 47.8 Å². The molecule has 0 aliphatic heterocycles. The van der Waals surface area contributed by atoms with Crippen LogP contribution in [0.25, 0.3) is 0 Å². The first-order valence-electron chi connectivity index (χ1n) is 8.77. The van der Waals surface area contributed by atoms with Crippen molar-refractivity contribution in [1.82, 2.24) is 15.7 Å². The fraction of sp³-hybridized carbons (Fsp3) is 0.300. The zero-order valence-electron chi connectivity index (χ0n) is 14.8. The number of benzene rings is 1. The zero-order valence-corrected chi connectivity index (χ0v) is 14.8. The van der Waals surface area contributed by atoms with Crippen molar-refractivity contribution in [3.05, 3.63) is 65.0 Å². The van der Waals surface area contributed by atoms with Gasteiger partial charge in [-0.15, -0.1) is 0 Å². The number of hydrogen-bond donors (Lipinski definition) is 2. The molecule has 0 spiro atoms. The van der Waals surface area contributed by atoms with Crippen LogP contribution in [0.4, 0.5) is 0 Å². The molecule has 6 nitrogen and oxygen atoms in total. The molecule has 6 heteroatoms. The summed E-state index contributed by atoms with van der Waals surface area (Å²) >= 11 is 0. The highest BCUT2D eigenvalue weighted by Crippen LogP contribution is 2.22. The van der Waals surface area contributed by atoms with E-state index in [0.717, 1.165) is 24.1 Å². The maximum absolute atomic E-state index is 11.9. The van der Waals surface area contributed by atoms with Gasteiger partial charge >= 0.3 is 0 Å². The van der Waals surface area contributed by atoms with Crippen molar-refractivity contribution in [2.45, 2.75) is 32.6 Å². The molecule has 26 heavy (non-hydrogen) atoms. The van der Waals surface area contributed by atoms with E-state index in [-0.39, 0.29) is 18.4 Å². The first-order chi connectivity index (χ1) is 12.6. The van der Waals surface area contributed by atoms with Gasteiger partial charge in [0.15, 0.2) is 0 Å². The molecule has 0 unspecified atom stereocenters. The molecule has 1 aromatic heterocycles. The number of nitrogens with one attached hydrogen (secondary N) is 2. The molecular weight excluding hydrogens is 328 g/mol. The summed E-state index contributed by atoms with van der Waals surface area (Å²) in [6.45, 7) is 1.72. The molecule has 2 amide bonds. The second kappa shape index (κ2) is 8.38. The van der Waals surface area contributed by atoms with E-state index in [1.807, 2.05) is 13.0 Å². The van der Waals surface area contributed by atoms with Crippen LogP contribution in [0.1, 0.15) is 46.8 Å². The van der Waals surface area contributed by atoms with E-state index in [1.165, 1.54) is 30.2 Å². The average molecular weight is 350 g/mol. The lowest BCUT2D eigenvalue weighted by molar-refractivity contribution is -0.120. The Labute approximate surface area is 152 Å². The summed E-state index contributed by atoms with van der Waals surface area (Å²) in [7, 11) is 0. The lowest BCUT2D eigenvalue weighted by Gasteiger charge is -2.16. The number of carbonyl (C=O) groups is 2. The second-order valence-electron chi connectivity index (χ2n) is 6.35. The standard InChI is InChI=1S/C20H22N4O2/c1-14(16-9-8-15-5-2-3-6-17(15)11-16)23-24-19(25)13-22-20(26)18-7-4-10-21-12-18/h4,7-12H,2-3,5-6,13H2,1H3,(H,22,26)(H,24,25)/b23-14-. The van der Waals surface area contributed by atoms with E-state index in [0.29, 0.717) is 5.56 Å². The summed E-state index contributed by atoms with van der Waals surface area (Å²) in [5.41, 5.74) is 7.43. The van der Waals surface area contributed by atoms with Crippen LogP contribution in [0.2, 0.25) is 0 Å². The average Bonchev–Trinajstić information content (AvgIpc) is 2.70. The first-order valence-corrected chi connectivity index (χ1v) is 8.77. The third kappa shape index (κ3) is 4.53. The highest BCUT2D eigenvalue weighted by Gasteiger charge is 2.11. The van der Waals surface area contributed by atoms with Crippen molar-refractivity contribution < 1.29 is 9.59 Å². The molecule has 0 bridgehead atoms. The van der Waals surface area contributed by atoms with E-state index < -0.39 is 0 Å². The summed E-state index contributed by atoms with van der Waals surface area (Å²) in [5, 5.41) is 6.69. The highest BCUT2D eigenvalue weighted by molar-refractivity contribution is 6.00. The summed E-state index contributed by atoms with van der Waals surface area (Å²) in [6.07, 6.45) is 7.75. The van der Waals surface area contributed by atoms with Gasteiger partial charge in [0.2, 0.25) is 0 Å². The van der Waals surface area contributed by atoms with Crippen molar-refractivity contribution in [3.63, 3.8) is 0 Å². The second-order valence-corrected chi connectivity index (χ2v) is 6.35. The van der Waals surface area contributed by atoms with Gasteiger partial charge in [-0.2, -0.15) is 5.10 Å². The topological polar surface area (TPSA) is 83.5 Å². The van der Waals surface area contributed by atoms with Crippen molar-refractivity contribution in [2.24, 2.45) is 5.10 Å². The molecule has 0 atom stereocenters. The molecule has 0 radical (unpaired) electrons. The Hall–Kier alpha value is -3.02. The number of hydrogen-bond acceptors (Lipinski definition) is 4. The number of nitrogens with zero attached hydrogens (tertiary/aromatic N) is 2. The van der Waals surface area contributed by atoms with Crippen molar-refractivity contribution in [3.8, 4) is 0 Å². The summed E-state index contributed by atoms with van der Waals surface area (Å²) < 4.78 is 0. The Morgan fingerprint density at radius 2 is 1.92 bits per heavy atom. The van der Waals surface area contributed by atoms with Crippen molar-refractivity contribution >= 4 is 17.5 Å². The number of fused-ring (bicyclic) bond motifs is 1. The maximum atomic E-state index is 11.9. The SMILES string of the molecule is C/C(=N/NC(=O)CNC(=O)c1cccnc1)c1ccc2c(c1)CCCC2. The van der Waals surface area contributed by atoms with Crippen LogP contribution in [0, 0.1) is 0 Å². The maximum Gasteiger partial charge on any atom is 0.259 e. The van der Waals surface area contributed by atoms with Gasteiger partial charge in [0, 0.05) is 12.4 Å². The Bertz CT molecular complexity index is 831. The van der Waals surface area contributed by atoms with Gasteiger partial charge in [-0.05, 0) is 67.5 Å². The number of aryl methyl sites for hydroxylation is 2. The normalized spacial score (nSPS) is 13.7. The number of rotatable bonds is 5. The van der Waals surface area contributed by atoms with Gasteiger partial charge in [0.1, 0.15) is 0 Å². The quantitative estimate of drug-likeness (QED) is 0.641. The van der Waals surface area contributed by atoms with Gasteiger partial charge in [0.05, 0.1) is 17.8 Å². The smallest absolute Gasteiger partial charge is 0.259 e. The Morgan fingerprint density at radius 3 is 2.69 bits per heavy atom. The van der Waals surface area contributed by atoms with E-state index >= 15 is 0 Å². The molecule has 3 rings (SSSR count). The van der Waals surface area contributed by atoms with Gasteiger partial charge in [0.25, 0.3) is 11.8 Å². The van der Waals surface area contributed by atoms with Crippen LogP contribution in [0.3, 0.4) is 0 Å². The fourth-order valence-corrected chi connectivity index (χ4v) is 2.97. The Kier molecular flexibility index (Phi) is 5.73. The number of pyridine rings is 1. The van der Waals surface area contributed by atoms with Crippen LogP contribution in [0.5, 0.6) is 0 Å². The predicted molar refractivity (Wildman–Crippen MR) is 100 cm³/mol. The van der Waals surface area contributed by atoms with Gasteiger partial charge < -0.3 is 5.32 Å². The number of hydrazone groups is 1. The Morgan fingerprint density at radius 1 is 1.12 bits per heavy atom. The van der Waals surface area contributed by atoms with E-state index in [2.05, 4.69) is 33.0 Å². The van der Waals surface area contributed by atoms with Crippen molar-refractivity contribution in [2.75, 3.05) is 6.54 Å². The predicted octanol–water partition coefficient (Wildman–Crippen LogP) is 2.23. The van der Waals surface area contributed by atoms with Crippen LogP contribution >= 0.6 is 0 Å². The number of carbonyl (C=O) groups excluding carboxylic acids is 2. The first kappa shape index (κ1) is 17.8. The minimum Gasteiger partial charge on any atom is -0.343 e. The molecule has 0 fully saturated rings. The number of amides is 2. The van der Waals surface area contributed by atoms with Gasteiger partial charge in [-0.25, -0.2) is 5.43 Å². The summed E-state index contributed by atoms with van der Waals surface area (Å²) in [4.78, 5) is 27.7. The summed E-state index contributed by atoms with van der Waals surface area (Å²) in [5.74, 6) is -0.719. The molecule has 2 N–H and O–H groups in total. The zero-order chi connectivity index (χ0) is 18.4. The largest absolute Gasteiger partial charge is 0.343 e. The van der Waals surface area contributed by atoms with E-state index in [4.69, 9.17) is 0 Å². The molecule has 2 aromatic rings.